The molecule has 1 saturated heterocycles. The van der Waals surface area contributed by atoms with E-state index in [9.17, 15) is 9.59 Å². The quantitative estimate of drug-likeness (QED) is 0.790. The van der Waals surface area contributed by atoms with Crippen LogP contribution >= 0.6 is 0 Å². The van der Waals surface area contributed by atoms with Crippen LogP contribution in [0.5, 0.6) is 17.2 Å². The molecule has 2 aromatic carbocycles. The molecule has 1 atom stereocenters. The molecule has 0 spiro atoms. The number of nitrogens with zero attached hydrogens (tertiary/aromatic N) is 1. The van der Waals surface area contributed by atoms with Crippen LogP contribution in [0, 0.1) is 11.8 Å². The lowest BCUT2D eigenvalue weighted by atomic mass is 9.96. The van der Waals surface area contributed by atoms with E-state index >= 15 is 0 Å². The minimum Gasteiger partial charge on any atom is -0.493 e. The van der Waals surface area contributed by atoms with Gasteiger partial charge in [-0.15, -0.1) is 0 Å². The molecule has 0 aromatic heterocycles. The maximum Gasteiger partial charge on any atom is 0.229 e. The summed E-state index contributed by atoms with van der Waals surface area (Å²) in [5.74, 6) is 1.76. The number of amides is 2. The summed E-state index contributed by atoms with van der Waals surface area (Å²) in [6.45, 7) is 5.00. The van der Waals surface area contributed by atoms with Crippen LogP contribution in [0.3, 0.4) is 0 Å². The van der Waals surface area contributed by atoms with Crippen molar-refractivity contribution < 1.29 is 19.1 Å². The maximum absolute atomic E-state index is 12.7. The number of hydrogen-bond acceptors (Lipinski definition) is 4. The molecule has 154 valence electrons. The minimum absolute atomic E-state index is 0.0485. The second-order valence-electron chi connectivity index (χ2n) is 7.54. The predicted molar refractivity (Wildman–Crippen MR) is 112 cm³/mol. The van der Waals surface area contributed by atoms with E-state index in [2.05, 4.69) is 5.32 Å². The second-order valence-corrected chi connectivity index (χ2v) is 7.54. The first-order chi connectivity index (χ1) is 14.0. The van der Waals surface area contributed by atoms with Crippen molar-refractivity contribution in [2.24, 2.45) is 11.8 Å². The van der Waals surface area contributed by atoms with E-state index in [-0.39, 0.29) is 23.7 Å². The number of nitrogens with one attached hydrogen (secondary N) is 1. The Morgan fingerprint density at radius 1 is 1.07 bits per heavy atom. The highest BCUT2D eigenvalue weighted by Crippen LogP contribution is 2.31. The fourth-order valence-corrected chi connectivity index (χ4v) is 3.44. The molecule has 0 bridgehead atoms. The molecular weight excluding hydrogens is 368 g/mol. The zero-order chi connectivity index (χ0) is 20.8. The summed E-state index contributed by atoms with van der Waals surface area (Å²) >= 11 is 0. The number of hydrogen-bond donors (Lipinski definition) is 1. The molecule has 2 amide bonds. The summed E-state index contributed by atoms with van der Waals surface area (Å²) < 4.78 is 11.1. The van der Waals surface area contributed by atoms with Gasteiger partial charge in [-0.05, 0) is 49.2 Å². The van der Waals surface area contributed by atoms with E-state index in [4.69, 9.17) is 9.47 Å². The lowest BCUT2D eigenvalue weighted by Gasteiger charge is -2.33. The molecule has 1 heterocycles. The summed E-state index contributed by atoms with van der Waals surface area (Å²) in [5, 5.41) is 2.96. The minimum atomic E-state index is -0.184. The Kier molecular flexibility index (Phi) is 6.75. The first-order valence-electron chi connectivity index (χ1n) is 9.98. The zero-order valence-corrected chi connectivity index (χ0v) is 17.2. The van der Waals surface area contributed by atoms with Gasteiger partial charge in [-0.2, -0.15) is 0 Å². The Morgan fingerprint density at radius 3 is 2.41 bits per heavy atom. The van der Waals surface area contributed by atoms with Crippen molar-refractivity contribution in [1.29, 1.82) is 0 Å². The van der Waals surface area contributed by atoms with E-state index in [1.807, 2.05) is 55.1 Å². The second kappa shape index (κ2) is 9.45. The smallest absolute Gasteiger partial charge is 0.229 e. The average molecular weight is 396 g/mol. The van der Waals surface area contributed by atoms with Gasteiger partial charge in [-0.25, -0.2) is 0 Å². The SMILES string of the molecule is COc1ccccc1Oc1ccc(NC(=O)C2CCCN(C(=O)C(C)C)C2)cc1. The van der Waals surface area contributed by atoms with E-state index in [0.29, 0.717) is 29.5 Å². The summed E-state index contributed by atoms with van der Waals surface area (Å²) in [4.78, 5) is 26.7. The van der Waals surface area contributed by atoms with Gasteiger partial charge in [0.05, 0.1) is 13.0 Å². The van der Waals surface area contributed by atoms with E-state index in [0.717, 1.165) is 19.4 Å². The van der Waals surface area contributed by atoms with Gasteiger partial charge in [0.1, 0.15) is 5.75 Å². The third-order valence-corrected chi connectivity index (χ3v) is 5.02. The lowest BCUT2D eigenvalue weighted by Crippen LogP contribution is -2.45. The number of methoxy groups -OCH3 is 1. The summed E-state index contributed by atoms with van der Waals surface area (Å²) in [6.07, 6.45) is 1.64. The lowest BCUT2D eigenvalue weighted by molar-refractivity contribution is -0.137. The molecule has 1 unspecified atom stereocenters. The van der Waals surface area contributed by atoms with Gasteiger partial charge in [-0.1, -0.05) is 26.0 Å². The van der Waals surface area contributed by atoms with Crippen LogP contribution in [-0.2, 0) is 9.59 Å². The molecule has 29 heavy (non-hydrogen) atoms. The van der Waals surface area contributed by atoms with Crippen LogP contribution in [0.1, 0.15) is 26.7 Å². The highest BCUT2D eigenvalue weighted by Gasteiger charge is 2.29. The number of ether oxygens (including phenoxy) is 2. The van der Waals surface area contributed by atoms with Crippen LogP contribution in [0.15, 0.2) is 48.5 Å². The number of para-hydroxylation sites is 2. The van der Waals surface area contributed by atoms with Crippen molar-refractivity contribution in [3.05, 3.63) is 48.5 Å². The third-order valence-electron chi connectivity index (χ3n) is 5.02. The van der Waals surface area contributed by atoms with Crippen LogP contribution < -0.4 is 14.8 Å². The highest BCUT2D eigenvalue weighted by atomic mass is 16.5. The van der Waals surface area contributed by atoms with Crippen molar-refractivity contribution in [3.63, 3.8) is 0 Å². The Balaban J connectivity index is 1.59. The fraction of sp³-hybridized carbons (Fsp3) is 0.391. The molecule has 1 aliphatic heterocycles. The molecule has 0 aliphatic carbocycles. The van der Waals surface area contributed by atoms with E-state index in [1.54, 1.807) is 19.2 Å². The Hall–Kier alpha value is -3.02. The van der Waals surface area contributed by atoms with Gasteiger partial charge in [0.2, 0.25) is 11.8 Å². The molecule has 1 fully saturated rings. The first-order valence-corrected chi connectivity index (χ1v) is 9.98. The van der Waals surface area contributed by atoms with Crippen molar-refractivity contribution in [2.45, 2.75) is 26.7 Å². The van der Waals surface area contributed by atoms with Crippen LogP contribution in [-0.4, -0.2) is 36.9 Å². The molecule has 0 saturated carbocycles. The van der Waals surface area contributed by atoms with Crippen molar-refractivity contribution in [1.82, 2.24) is 4.90 Å². The third kappa shape index (κ3) is 5.28. The van der Waals surface area contributed by atoms with E-state index < -0.39 is 0 Å². The van der Waals surface area contributed by atoms with Crippen LogP contribution in [0.4, 0.5) is 5.69 Å². The Bertz CT molecular complexity index is 848. The topological polar surface area (TPSA) is 67.9 Å². The highest BCUT2D eigenvalue weighted by molar-refractivity contribution is 5.93. The Morgan fingerprint density at radius 2 is 1.76 bits per heavy atom. The van der Waals surface area contributed by atoms with Gasteiger partial charge >= 0.3 is 0 Å². The summed E-state index contributed by atoms with van der Waals surface area (Å²) in [6, 6.07) is 14.7. The molecule has 6 nitrogen and oxygen atoms in total. The van der Waals surface area contributed by atoms with Crippen molar-refractivity contribution in [3.8, 4) is 17.2 Å². The number of carbonyl (C=O) groups excluding carboxylic acids is 2. The molecule has 3 rings (SSSR count). The van der Waals surface area contributed by atoms with Gasteiger partial charge in [0.15, 0.2) is 11.5 Å². The fourth-order valence-electron chi connectivity index (χ4n) is 3.44. The number of rotatable bonds is 6. The van der Waals surface area contributed by atoms with E-state index in [1.165, 1.54) is 0 Å². The normalized spacial score (nSPS) is 16.4. The maximum atomic E-state index is 12.7. The number of carbonyl (C=O) groups is 2. The molecule has 0 radical (unpaired) electrons. The largest absolute Gasteiger partial charge is 0.493 e. The standard InChI is InChI=1S/C23H28N2O4/c1-16(2)23(27)25-14-6-7-17(15-25)22(26)24-18-10-12-19(13-11-18)29-21-9-5-4-8-20(21)28-3/h4-5,8-13,16-17H,6-7,14-15H2,1-3H3,(H,24,26). The van der Waals surface area contributed by atoms with Gasteiger partial charge in [-0.3, -0.25) is 9.59 Å². The molecular formula is C23H28N2O4. The average Bonchev–Trinajstić information content (AvgIpc) is 2.75. The number of anilines is 1. The zero-order valence-electron chi connectivity index (χ0n) is 17.2. The van der Waals surface area contributed by atoms with Gasteiger partial charge < -0.3 is 19.7 Å². The Labute approximate surface area is 171 Å². The number of piperidine rings is 1. The van der Waals surface area contributed by atoms with Gasteiger partial charge in [0.25, 0.3) is 0 Å². The predicted octanol–water partition coefficient (Wildman–Crippen LogP) is 4.32. The van der Waals surface area contributed by atoms with Gasteiger partial charge in [0, 0.05) is 24.7 Å². The van der Waals surface area contributed by atoms with Crippen molar-refractivity contribution in [2.75, 3.05) is 25.5 Å². The summed E-state index contributed by atoms with van der Waals surface area (Å²) in [7, 11) is 1.60. The molecule has 1 aliphatic rings. The molecule has 2 aromatic rings. The first kappa shape index (κ1) is 20.7. The van der Waals surface area contributed by atoms with Crippen LogP contribution in [0.25, 0.3) is 0 Å². The summed E-state index contributed by atoms with van der Waals surface area (Å²) in [5.41, 5.74) is 0.703. The monoisotopic (exact) mass is 396 g/mol. The van der Waals surface area contributed by atoms with Crippen LogP contribution in [0.2, 0.25) is 0 Å². The number of likely N-dealkylation sites (tertiary alicyclic amines) is 1. The van der Waals surface area contributed by atoms with Crippen molar-refractivity contribution >= 4 is 17.5 Å². The molecule has 6 heteroatoms. The number of benzene rings is 2. The molecule has 1 N–H and O–H groups in total.